The Kier molecular flexibility index (Phi) is 4.95. The van der Waals surface area contributed by atoms with Crippen molar-refractivity contribution < 1.29 is 14.5 Å². The van der Waals surface area contributed by atoms with Gasteiger partial charge in [0.25, 0.3) is 11.6 Å². The lowest BCUT2D eigenvalue weighted by Gasteiger charge is -2.37. The van der Waals surface area contributed by atoms with Crippen LogP contribution >= 0.6 is 15.9 Å². The molecule has 0 aliphatic carbocycles. The quantitative estimate of drug-likeness (QED) is 0.473. The standard InChI is InChI=1S/C14H17BrN2O4/c1-9-3-4-11(17(19)20)5-13(9)14(18)16-7-12(6-15)21-8-10(16)2/h3-5,10,12H,6-8H2,1-2H3. The number of hydrogen-bond acceptors (Lipinski definition) is 4. The van der Waals surface area contributed by atoms with E-state index in [9.17, 15) is 14.9 Å². The van der Waals surface area contributed by atoms with Crippen LogP contribution in [0.15, 0.2) is 18.2 Å². The third-order valence-electron chi connectivity index (χ3n) is 3.60. The van der Waals surface area contributed by atoms with Gasteiger partial charge in [0.15, 0.2) is 0 Å². The van der Waals surface area contributed by atoms with Crippen LogP contribution in [0.3, 0.4) is 0 Å². The Bertz CT molecular complexity index is 564. The molecule has 2 rings (SSSR count). The average molecular weight is 357 g/mol. The summed E-state index contributed by atoms with van der Waals surface area (Å²) in [4.78, 5) is 24.8. The molecule has 2 atom stereocenters. The van der Waals surface area contributed by atoms with Gasteiger partial charge in [-0.3, -0.25) is 14.9 Å². The van der Waals surface area contributed by atoms with Gasteiger partial charge in [0.1, 0.15) is 0 Å². The maximum absolute atomic E-state index is 12.7. The number of alkyl halides is 1. The summed E-state index contributed by atoms with van der Waals surface area (Å²) in [6.07, 6.45) is -0.0517. The normalized spacial score (nSPS) is 22.1. The fourth-order valence-corrected chi connectivity index (χ4v) is 2.69. The first-order valence-electron chi connectivity index (χ1n) is 6.67. The van der Waals surface area contributed by atoms with E-state index < -0.39 is 4.92 Å². The summed E-state index contributed by atoms with van der Waals surface area (Å²) in [5.74, 6) is -0.182. The first-order valence-corrected chi connectivity index (χ1v) is 7.79. The molecule has 114 valence electrons. The Morgan fingerprint density at radius 2 is 2.29 bits per heavy atom. The van der Waals surface area contributed by atoms with Gasteiger partial charge in [-0.1, -0.05) is 22.0 Å². The zero-order valence-electron chi connectivity index (χ0n) is 11.9. The van der Waals surface area contributed by atoms with Crippen LogP contribution in [-0.4, -0.2) is 46.4 Å². The molecule has 2 unspecified atom stereocenters. The fraction of sp³-hybridized carbons (Fsp3) is 0.500. The maximum Gasteiger partial charge on any atom is 0.270 e. The Morgan fingerprint density at radius 3 is 2.90 bits per heavy atom. The van der Waals surface area contributed by atoms with Crippen LogP contribution in [0.2, 0.25) is 0 Å². The Balaban J connectivity index is 2.30. The Labute approximate surface area is 131 Å². The second-order valence-electron chi connectivity index (χ2n) is 5.17. The molecule has 1 saturated heterocycles. The van der Waals surface area contributed by atoms with Crippen LogP contribution in [0.4, 0.5) is 5.69 Å². The van der Waals surface area contributed by atoms with Crippen molar-refractivity contribution >= 4 is 27.5 Å². The largest absolute Gasteiger partial charge is 0.373 e. The van der Waals surface area contributed by atoms with E-state index in [2.05, 4.69) is 15.9 Å². The molecule has 1 aromatic rings. The second kappa shape index (κ2) is 6.53. The minimum Gasteiger partial charge on any atom is -0.373 e. The van der Waals surface area contributed by atoms with Crippen molar-refractivity contribution in [3.8, 4) is 0 Å². The molecule has 0 saturated carbocycles. The molecule has 1 aliphatic rings. The Hall–Kier alpha value is -1.47. The van der Waals surface area contributed by atoms with Gasteiger partial charge in [0, 0.05) is 29.6 Å². The van der Waals surface area contributed by atoms with E-state index in [4.69, 9.17) is 4.74 Å². The van der Waals surface area contributed by atoms with Gasteiger partial charge in [-0.05, 0) is 19.4 Å². The summed E-state index contributed by atoms with van der Waals surface area (Å²) >= 11 is 3.36. The van der Waals surface area contributed by atoms with Crippen LogP contribution in [0.25, 0.3) is 0 Å². The number of non-ortho nitro benzene ring substituents is 1. The number of nitrogens with zero attached hydrogens (tertiary/aromatic N) is 2. The van der Waals surface area contributed by atoms with Crippen LogP contribution in [0.1, 0.15) is 22.8 Å². The number of aryl methyl sites for hydroxylation is 1. The number of benzene rings is 1. The molecule has 21 heavy (non-hydrogen) atoms. The number of morpholine rings is 1. The van der Waals surface area contributed by atoms with E-state index in [1.807, 2.05) is 6.92 Å². The van der Waals surface area contributed by atoms with Crippen molar-refractivity contribution in [2.75, 3.05) is 18.5 Å². The van der Waals surface area contributed by atoms with E-state index in [0.29, 0.717) is 24.0 Å². The van der Waals surface area contributed by atoms with Gasteiger partial charge >= 0.3 is 0 Å². The van der Waals surface area contributed by atoms with Crippen LogP contribution < -0.4 is 0 Å². The van der Waals surface area contributed by atoms with E-state index in [1.54, 1.807) is 17.9 Å². The maximum atomic E-state index is 12.7. The lowest BCUT2D eigenvalue weighted by Crippen LogP contribution is -2.51. The molecule has 6 nitrogen and oxygen atoms in total. The summed E-state index contributed by atoms with van der Waals surface area (Å²) in [5.41, 5.74) is 1.05. The fourth-order valence-electron chi connectivity index (χ4n) is 2.30. The molecule has 7 heteroatoms. The van der Waals surface area contributed by atoms with Crippen molar-refractivity contribution in [2.24, 2.45) is 0 Å². The molecule has 1 heterocycles. The van der Waals surface area contributed by atoms with Gasteiger partial charge in [0.05, 0.1) is 23.7 Å². The highest BCUT2D eigenvalue weighted by atomic mass is 79.9. The predicted octanol–water partition coefficient (Wildman–Crippen LogP) is 2.53. The summed E-state index contributed by atoms with van der Waals surface area (Å²) in [5, 5.41) is 11.5. The molecule has 0 spiro atoms. The first-order chi connectivity index (χ1) is 9.93. The topological polar surface area (TPSA) is 72.7 Å². The highest BCUT2D eigenvalue weighted by Crippen LogP contribution is 2.22. The predicted molar refractivity (Wildman–Crippen MR) is 81.9 cm³/mol. The van der Waals surface area contributed by atoms with Crippen molar-refractivity contribution in [3.05, 3.63) is 39.4 Å². The second-order valence-corrected chi connectivity index (χ2v) is 5.82. The van der Waals surface area contributed by atoms with Gasteiger partial charge in [0.2, 0.25) is 0 Å². The first kappa shape index (κ1) is 15.9. The number of amides is 1. The number of nitro groups is 1. The third-order valence-corrected chi connectivity index (χ3v) is 4.32. The molecule has 0 bridgehead atoms. The van der Waals surface area contributed by atoms with Gasteiger partial charge < -0.3 is 9.64 Å². The number of ether oxygens (including phenoxy) is 1. The van der Waals surface area contributed by atoms with Crippen molar-refractivity contribution in [1.29, 1.82) is 0 Å². The van der Waals surface area contributed by atoms with E-state index >= 15 is 0 Å². The highest BCUT2D eigenvalue weighted by molar-refractivity contribution is 9.09. The van der Waals surface area contributed by atoms with E-state index in [0.717, 1.165) is 5.56 Å². The lowest BCUT2D eigenvalue weighted by molar-refractivity contribution is -0.384. The molecule has 1 amide bonds. The third kappa shape index (κ3) is 3.41. The molecular formula is C14H17BrN2O4. The van der Waals surface area contributed by atoms with Crippen molar-refractivity contribution in [1.82, 2.24) is 4.90 Å². The van der Waals surface area contributed by atoms with Crippen molar-refractivity contribution in [3.63, 3.8) is 0 Å². The number of hydrogen-bond donors (Lipinski definition) is 0. The molecule has 0 N–H and O–H groups in total. The van der Waals surface area contributed by atoms with Crippen LogP contribution in [0, 0.1) is 17.0 Å². The summed E-state index contributed by atoms with van der Waals surface area (Å²) < 4.78 is 5.60. The van der Waals surface area contributed by atoms with Gasteiger partial charge in [-0.25, -0.2) is 0 Å². The number of halogens is 1. The zero-order valence-corrected chi connectivity index (χ0v) is 13.5. The molecule has 1 aliphatic heterocycles. The SMILES string of the molecule is Cc1ccc([N+](=O)[O-])cc1C(=O)N1CC(CBr)OCC1C. The number of carbonyl (C=O) groups is 1. The minimum absolute atomic E-state index is 0.0496. The van der Waals surface area contributed by atoms with Gasteiger partial charge in [-0.2, -0.15) is 0 Å². The molecule has 1 aromatic carbocycles. The van der Waals surface area contributed by atoms with Crippen LogP contribution in [-0.2, 0) is 4.74 Å². The number of rotatable bonds is 3. The number of carbonyl (C=O) groups excluding carboxylic acids is 1. The number of nitro benzene ring substituents is 1. The minimum atomic E-state index is -0.486. The van der Waals surface area contributed by atoms with Crippen LogP contribution in [0.5, 0.6) is 0 Å². The molecule has 0 radical (unpaired) electrons. The van der Waals surface area contributed by atoms with Crippen molar-refractivity contribution in [2.45, 2.75) is 26.0 Å². The zero-order chi connectivity index (χ0) is 15.6. The average Bonchev–Trinajstić information content (AvgIpc) is 2.47. The van der Waals surface area contributed by atoms with E-state index in [1.165, 1.54) is 12.1 Å². The lowest BCUT2D eigenvalue weighted by atomic mass is 10.0. The monoisotopic (exact) mass is 356 g/mol. The molecular weight excluding hydrogens is 340 g/mol. The van der Waals surface area contributed by atoms with Gasteiger partial charge in [-0.15, -0.1) is 0 Å². The molecule has 0 aromatic heterocycles. The summed E-state index contributed by atoms with van der Waals surface area (Å²) in [7, 11) is 0. The van der Waals surface area contributed by atoms with E-state index in [-0.39, 0.29) is 23.7 Å². The highest BCUT2D eigenvalue weighted by Gasteiger charge is 2.31. The smallest absolute Gasteiger partial charge is 0.270 e. The summed E-state index contributed by atoms with van der Waals surface area (Å²) in [6, 6.07) is 4.32. The molecule has 1 fully saturated rings. The Morgan fingerprint density at radius 1 is 1.57 bits per heavy atom. The summed E-state index contributed by atoms with van der Waals surface area (Å²) in [6.45, 7) is 4.64.